The fraction of sp³-hybridized carbons (Fsp3) is 0.778. The molecule has 0 aromatic rings. The third kappa shape index (κ3) is 4.94. The van der Waals surface area contributed by atoms with Gasteiger partial charge >= 0.3 is 12.0 Å². The van der Waals surface area contributed by atoms with Gasteiger partial charge in [0.25, 0.3) is 0 Å². The lowest BCUT2D eigenvalue weighted by Gasteiger charge is -2.23. The second kappa shape index (κ2) is 7.89. The van der Waals surface area contributed by atoms with Crippen molar-refractivity contribution in [2.45, 2.75) is 19.4 Å². The number of carbonyl (C=O) groups excluding carboxylic acids is 1. The molecule has 0 aliphatic heterocycles. The summed E-state index contributed by atoms with van der Waals surface area (Å²) >= 11 is 0. The first-order chi connectivity index (χ1) is 7.56. The van der Waals surface area contributed by atoms with Crippen molar-refractivity contribution in [2.24, 2.45) is 0 Å². The second-order valence-corrected chi connectivity index (χ2v) is 3.23. The second-order valence-electron chi connectivity index (χ2n) is 3.23. The van der Waals surface area contributed by atoms with E-state index in [0.717, 1.165) is 0 Å². The molecule has 1 atom stereocenters. The number of carboxylic acids is 1. The van der Waals surface area contributed by atoms with Crippen molar-refractivity contribution in [3.8, 4) is 0 Å². The van der Waals surface area contributed by atoms with Crippen molar-refractivity contribution in [2.75, 3.05) is 26.3 Å². The molecule has 1 unspecified atom stereocenters. The lowest BCUT2D eigenvalue weighted by atomic mass is 10.3. The summed E-state index contributed by atoms with van der Waals surface area (Å²) in [5.41, 5.74) is 0. The van der Waals surface area contributed by atoms with Crippen LogP contribution in [0.5, 0.6) is 0 Å². The molecule has 16 heavy (non-hydrogen) atoms. The van der Waals surface area contributed by atoms with Crippen molar-refractivity contribution < 1.29 is 24.9 Å². The van der Waals surface area contributed by atoms with Crippen LogP contribution in [0.1, 0.15) is 13.3 Å². The summed E-state index contributed by atoms with van der Waals surface area (Å²) in [5.74, 6) is -1.30. The van der Waals surface area contributed by atoms with Gasteiger partial charge < -0.3 is 25.5 Å². The molecular formula is C9H18N2O5. The van der Waals surface area contributed by atoms with Gasteiger partial charge in [-0.25, -0.2) is 9.59 Å². The summed E-state index contributed by atoms with van der Waals surface area (Å²) in [6.07, 6.45) is 0.699. The Morgan fingerprint density at radius 1 is 1.31 bits per heavy atom. The molecule has 0 aromatic heterocycles. The number of amides is 2. The first kappa shape index (κ1) is 14.7. The minimum atomic E-state index is -1.31. The van der Waals surface area contributed by atoms with E-state index in [4.69, 9.17) is 15.3 Å². The number of urea groups is 1. The van der Waals surface area contributed by atoms with Crippen LogP contribution in [0.2, 0.25) is 0 Å². The van der Waals surface area contributed by atoms with E-state index >= 15 is 0 Å². The minimum Gasteiger partial charge on any atom is -0.480 e. The maximum Gasteiger partial charge on any atom is 0.328 e. The van der Waals surface area contributed by atoms with Crippen LogP contribution in [0.25, 0.3) is 0 Å². The number of aliphatic carboxylic acids is 1. The van der Waals surface area contributed by atoms with Crippen molar-refractivity contribution in [1.82, 2.24) is 10.2 Å². The average Bonchev–Trinajstić information content (AvgIpc) is 2.24. The predicted molar refractivity (Wildman–Crippen MR) is 56.0 cm³/mol. The van der Waals surface area contributed by atoms with E-state index in [2.05, 4.69) is 5.32 Å². The number of nitrogens with one attached hydrogen (secondary N) is 1. The SMILES string of the molecule is CCCN(CCO)C(=O)NC(CO)C(=O)O. The van der Waals surface area contributed by atoms with Gasteiger partial charge in [-0.3, -0.25) is 0 Å². The summed E-state index contributed by atoms with van der Waals surface area (Å²) in [7, 11) is 0. The first-order valence-electron chi connectivity index (χ1n) is 5.06. The van der Waals surface area contributed by atoms with Gasteiger partial charge in [0.05, 0.1) is 13.2 Å². The van der Waals surface area contributed by atoms with Crippen molar-refractivity contribution >= 4 is 12.0 Å². The average molecular weight is 234 g/mol. The van der Waals surface area contributed by atoms with Gasteiger partial charge in [0.2, 0.25) is 0 Å². The maximum absolute atomic E-state index is 11.5. The van der Waals surface area contributed by atoms with E-state index in [1.54, 1.807) is 0 Å². The van der Waals surface area contributed by atoms with Gasteiger partial charge in [-0.2, -0.15) is 0 Å². The molecule has 0 aliphatic carbocycles. The van der Waals surface area contributed by atoms with Gasteiger partial charge in [-0.15, -0.1) is 0 Å². The molecule has 2 amide bonds. The van der Waals surface area contributed by atoms with E-state index in [1.165, 1.54) is 4.90 Å². The zero-order valence-electron chi connectivity index (χ0n) is 9.22. The van der Waals surface area contributed by atoms with Crippen LogP contribution < -0.4 is 5.32 Å². The normalized spacial score (nSPS) is 11.9. The fourth-order valence-corrected chi connectivity index (χ4v) is 1.13. The Balaban J connectivity index is 4.32. The molecule has 0 heterocycles. The molecule has 0 saturated heterocycles. The molecule has 0 spiro atoms. The van der Waals surface area contributed by atoms with E-state index in [1.807, 2.05) is 6.92 Å². The summed E-state index contributed by atoms with van der Waals surface area (Å²) in [6.45, 7) is 1.56. The van der Waals surface area contributed by atoms with Gasteiger partial charge in [-0.1, -0.05) is 6.92 Å². The summed E-state index contributed by atoms with van der Waals surface area (Å²) in [5, 5.41) is 28.2. The Morgan fingerprint density at radius 3 is 2.31 bits per heavy atom. The monoisotopic (exact) mass is 234 g/mol. The molecule has 0 fully saturated rings. The summed E-state index contributed by atoms with van der Waals surface area (Å²) in [6, 6.07) is -1.91. The number of rotatable bonds is 7. The van der Waals surface area contributed by atoms with Crippen LogP contribution in [0.4, 0.5) is 4.79 Å². The van der Waals surface area contributed by atoms with E-state index < -0.39 is 24.6 Å². The van der Waals surface area contributed by atoms with E-state index in [9.17, 15) is 9.59 Å². The Kier molecular flexibility index (Phi) is 7.23. The molecule has 7 nitrogen and oxygen atoms in total. The molecule has 4 N–H and O–H groups in total. The number of carbonyl (C=O) groups is 2. The first-order valence-corrected chi connectivity index (χ1v) is 5.06. The van der Waals surface area contributed by atoms with Crippen LogP contribution in [0, 0.1) is 0 Å². The molecule has 0 aliphatic rings. The van der Waals surface area contributed by atoms with Crippen LogP contribution in [-0.4, -0.2) is 64.6 Å². The van der Waals surface area contributed by atoms with Crippen LogP contribution in [0.15, 0.2) is 0 Å². The number of carboxylic acid groups (broad SMARTS) is 1. The molecule has 7 heteroatoms. The number of aliphatic hydroxyl groups is 2. The maximum atomic E-state index is 11.5. The third-order valence-electron chi connectivity index (χ3n) is 1.93. The minimum absolute atomic E-state index is 0.136. The van der Waals surface area contributed by atoms with Gasteiger partial charge in [-0.05, 0) is 6.42 Å². The molecule has 0 aromatic carbocycles. The number of nitrogens with zero attached hydrogens (tertiary/aromatic N) is 1. The largest absolute Gasteiger partial charge is 0.480 e. The Morgan fingerprint density at radius 2 is 1.94 bits per heavy atom. The smallest absolute Gasteiger partial charge is 0.328 e. The van der Waals surface area contributed by atoms with Crippen molar-refractivity contribution in [1.29, 1.82) is 0 Å². The number of hydrogen-bond acceptors (Lipinski definition) is 4. The zero-order chi connectivity index (χ0) is 12.6. The third-order valence-corrected chi connectivity index (χ3v) is 1.93. The van der Waals surface area contributed by atoms with Gasteiger partial charge in [0, 0.05) is 13.1 Å². The van der Waals surface area contributed by atoms with Crippen molar-refractivity contribution in [3.63, 3.8) is 0 Å². The highest BCUT2D eigenvalue weighted by Crippen LogP contribution is 1.94. The van der Waals surface area contributed by atoms with Crippen LogP contribution in [-0.2, 0) is 4.79 Å². The van der Waals surface area contributed by atoms with Crippen LogP contribution in [0.3, 0.4) is 0 Å². The van der Waals surface area contributed by atoms with Crippen LogP contribution >= 0.6 is 0 Å². The molecule has 0 rings (SSSR count). The highest BCUT2D eigenvalue weighted by atomic mass is 16.4. The fourth-order valence-electron chi connectivity index (χ4n) is 1.13. The molecular weight excluding hydrogens is 216 g/mol. The molecule has 0 radical (unpaired) electrons. The molecule has 0 saturated carbocycles. The molecule has 0 bridgehead atoms. The van der Waals surface area contributed by atoms with Crippen molar-refractivity contribution in [3.05, 3.63) is 0 Å². The Bertz CT molecular complexity index is 228. The lowest BCUT2D eigenvalue weighted by Crippen LogP contribution is -2.50. The number of aliphatic hydroxyl groups excluding tert-OH is 2. The van der Waals surface area contributed by atoms with E-state index in [0.29, 0.717) is 13.0 Å². The summed E-state index contributed by atoms with van der Waals surface area (Å²) < 4.78 is 0. The standard InChI is InChI=1S/C9H18N2O5/c1-2-3-11(4-5-12)9(16)10-7(6-13)8(14)15/h7,12-13H,2-6H2,1H3,(H,10,16)(H,14,15). The van der Waals surface area contributed by atoms with E-state index in [-0.39, 0.29) is 13.2 Å². The van der Waals surface area contributed by atoms with Gasteiger partial charge in [0.15, 0.2) is 6.04 Å². The lowest BCUT2D eigenvalue weighted by molar-refractivity contribution is -0.140. The summed E-state index contributed by atoms with van der Waals surface area (Å²) in [4.78, 5) is 23.4. The highest BCUT2D eigenvalue weighted by Gasteiger charge is 2.21. The topological polar surface area (TPSA) is 110 Å². The zero-order valence-corrected chi connectivity index (χ0v) is 9.22. The van der Waals surface area contributed by atoms with Gasteiger partial charge in [0.1, 0.15) is 0 Å². The molecule has 94 valence electrons. The Labute approximate surface area is 93.7 Å². The number of hydrogen-bond donors (Lipinski definition) is 4. The Hall–Kier alpha value is -1.34. The predicted octanol–water partition coefficient (Wildman–Crippen LogP) is -1.15. The quantitative estimate of drug-likeness (QED) is 0.444. The highest BCUT2D eigenvalue weighted by molar-refractivity contribution is 5.82.